The van der Waals surface area contributed by atoms with Crippen LogP contribution in [-0.4, -0.2) is 63.5 Å². The van der Waals surface area contributed by atoms with Crippen LogP contribution in [0.25, 0.3) is 11.5 Å². The normalized spacial score (nSPS) is 20.9. The van der Waals surface area contributed by atoms with Gasteiger partial charge in [-0.05, 0) is 62.2 Å². The van der Waals surface area contributed by atoms with Gasteiger partial charge in [0.15, 0.2) is 5.82 Å². The van der Waals surface area contributed by atoms with Crippen molar-refractivity contribution >= 4 is 11.8 Å². The van der Waals surface area contributed by atoms with Crippen LogP contribution in [0.4, 0.5) is 11.8 Å². The molecule has 3 aliphatic heterocycles. The number of rotatable bonds is 10. The number of anilines is 2. The fourth-order valence-corrected chi connectivity index (χ4v) is 5.45. The molecule has 4 aromatic rings. The first kappa shape index (κ1) is 25.3. The van der Waals surface area contributed by atoms with Gasteiger partial charge in [0.05, 0.1) is 19.8 Å². The molecule has 1 atom stereocenters. The van der Waals surface area contributed by atoms with Gasteiger partial charge in [-0.2, -0.15) is 9.97 Å². The minimum atomic E-state index is -0.377. The molecule has 0 amide bonds. The number of ether oxygens (including phenoxy) is 1. The minimum Gasteiger partial charge on any atom is -0.497 e. The highest BCUT2D eigenvalue weighted by Crippen LogP contribution is 2.42. The van der Waals surface area contributed by atoms with Gasteiger partial charge in [-0.1, -0.05) is 47.6 Å². The zero-order valence-corrected chi connectivity index (χ0v) is 22.0. The lowest BCUT2D eigenvalue weighted by molar-refractivity contribution is 0.0747. The second kappa shape index (κ2) is 11.0. The van der Waals surface area contributed by atoms with Crippen LogP contribution in [-0.2, 0) is 12.0 Å². The lowest BCUT2D eigenvalue weighted by atomic mass is 9.71. The fourth-order valence-electron chi connectivity index (χ4n) is 5.45. The summed E-state index contributed by atoms with van der Waals surface area (Å²) in [6.07, 6.45) is 4.83. The Hall–Kier alpha value is -4.02. The molecule has 0 unspecified atom stereocenters. The Morgan fingerprint density at radius 3 is 2.46 bits per heavy atom. The topological polar surface area (TPSA) is 121 Å². The van der Waals surface area contributed by atoms with E-state index in [0.717, 1.165) is 61.6 Å². The van der Waals surface area contributed by atoms with Gasteiger partial charge in [-0.3, -0.25) is 0 Å². The molecule has 7 rings (SSSR count). The Labute approximate surface area is 227 Å². The summed E-state index contributed by atoms with van der Waals surface area (Å²) in [6.45, 7) is 3.64. The number of nitrogens with one attached hydrogen (secondary N) is 2. The van der Waals surface area contributed by atoms with Crippen molar-refractivity contribution in [2.24, 2.45) is 0 Å². The number of piperidine rings is 3. The van der Waals surface area contributed by atoms with E-state index in [1.165, 1.54) is 0 Å². The molecule has 10 heteroatoms. The third-order valence-electron chi connectivity index (χ3n) is 7.94. The zero-order chi connectivity index (χ0) is 26.7. The molecule has 3 saturated heterocycles. The standard InChI is InChI=1S/C29H33N7O3/c1-38-22-9-7-20(8-10-22)17-30-28-31-18-23(25(33-28)32-24(19-37)21-5-3-2-4-6-21)26-34-27(35-39-26)29-11-14-36(15-12-29)16-13-29/h2-10,18,24,37H,11-17,19H2,1H3,(H2,30,31,32,33)/t24-/m1/s1. The highest BCUT2D eigenvalue weighted by atomic mass is 16.5. The van der Waals surface area contributed by atoms with Crippen LogP contribution >= 0.6 is 0 Å². The van der Waals surface area contributed by atoms with Crippen molar-refractivity contribution < 1.29 is 14.4 Å². The molecule has 0 radical (unpaired) electrons. The fraction of sp³-hybridized carbons (Fsp3) is 0.379. The van der Waals surface area contributed by atoms with Crippen LogP contribution in [0.1, 0.15) is 42.3 Å². The number of benzene rings is 2. The first-order valence-corrected chi connectivity index (χ1v) is 13.4. The van der Waals surface area contributed by atoms with Gasteiger partial charge < -0.3 is 29.9 Å². The Balaban J connectivity index is 1.29. The van der Waals surface area contributed by atoms with E-state index >= 15 is 0 Å². The van der Waals surface area contributed by atoms with E-state index in [0.29, 0.717) is 29.8 Å². The summed E-state index contributed by atoms with van der Waals surface area (Å²) < 4.78 is 11.1. The number of hydrogen-bond acceptors (Lipinski definition) is 10. The summed E-state index contributed by atoms with van der Waals surface area (Å²) in [5.74, 6) is 2.91. The molecule has 3 fully saturated rings. The molecule has 39 heavy (non-hydrogen) atoms. The maximum atomic E-state index is 10.2. The van der Waals surface area contributed by atoms with Crippen molar-refractivity contribution in [2.75, 3.05) is 44.0 Å². The van der Waals surface area contributed by atoms with E-state index in [-0.39, 0.29) is 18.1 Å². The number of aliphatic hydroxyl groups is 1. The number of aliphatic hydroxyl groups excluding tert-OH is 1. The Kier molecular flexibility index (Phi) is 7.12. The first-order valence-electron chi connectivity index (χ1n) is 13.4. The van der Waals surface area contributed by atoms with E-state index < -0.39 is 0 Å². The Morgan fingerprint density at radius 2 is 1.77 bits per heavy atom. The molecule has 3 aliphatic rings. The molecule has 0 saturated carbocycles. The summed E-state index contributed by atoms with van der Waals surface area (Å²) in [4.78, 5) is 16.7. The quantitative estimate of drug-likeness (QED) is 0.279. The summed E-state index contributed by atoms with van der Waals surface area (Å²) in [5.41, 5.74) is 2.58. The molecule has 0 spiro atoms. The molecule has 2 bridgehead atoms. The third-order valence-corrected chi connectivity index (χ3v) is 7.94. The van der Waals surface area contributed by atoms with Crippen molar-refractivity contribution in [1.29, 1.82) is 0 Å². The smallest absolute Gasteiger partial charge is 0.263 e. The van der Waals surface area contributed by atoms with Crippen LogP contribution in [0, 0.1) is 0 Å². The molecule has 2 aromatic heterocycles. The second-order valence-corrected chi connectivity index (χ2v) is 10.2. The highest BCUT2D eigenvalue weighted by Gasteiger charge is 2.44. The summed E-state index contributed by atoms with van der Waals surface area (Å²) >= 11 is 0. The van der Waals surface area contributed by atoms with Crippen LogP contribution in [0.2, 0.25) is 0 Å². The maximum absolute atomic E-state index is 10.2. The second-order valence-electron chi connectivity index (χ2n) is 10.2. The van der Waals surface area contributed by atoms with Crippen molar-refractivity contribution in [3.05, 3.63) is 77.7 Å². The van der Waals surface area contributed by atoms with Gasteiger partial charge in [0.1, 0.15) is 17.1 Å². The van der Waals surface area contributed by atoms with E-state index in [4.69, 9.17) is 19.2 Å². The molecule has 10 nitrogen and oxygen atoms in total. The molecule has 2 aromatic carbocycles. The van der Waals surface area contributed by atoms with Gasteiger partial charge in [0.2, 0.25) is 5.95 Å². The Morgan fingerprint density at radius 1 is 1.03 bits per heavy atom. The van der Waals surface area contributed by atoms with Crippen molar-refractivity contribution in [2.45, 2.75) is 37.3 Å². The lowest BCUT2D eigenvalue weighted by Crippen LogP contribution is -2.51. The molecule has 3 N–H and O–H groups in total. The predicted octanol–water partition coefficient (Wildman–Crippen LogP) is 4.03. The largest absolute Gasteiger partial charge is 0.497 e. The van der Waals surface area contributed by atoms with Gasteiger partial charge in [-0.15, -0.1) is 0 Å². The predicted molar refractivity (Wildman–Crippen MR) is 148 cm³/mol. The number of methoxy groups -OCH3 is 1. The van der Waals surface area contributed by atoms with Crippen LogP contribution in [0.5, 0.6) is 5.75 Å². The van der Waals surface area contributed by atoms with Gasteiger partial charge in [-0.25, -0.2) is 4.98 Å². The SMILES string of the molecule is COc1ccc(CNc2ncc(-c3nc(C45CCN(CC4)CC5)no3)c(N[C@H](CO)c3ccccc3)n2)cc1. The lowest BCUT2D eigenvalue weighted by Gasteiger charge is -2.46. The highest BCUT2D eigenvalue weighted by molar-refractivity contribution is 5.69. The van der Waals surface area contributed by atoms with Crippen LogP contribution in [0.15, 0.2) is 65.3 Å². The molecule has 202 valence electrons. The van der Waals surface area contributed by atoms with Crippen molar-refractivity contribution in [1.82, 2.24) is 25.0 Å². The maximum Gasteiger partial charge on any atom is 0.263 e. The number of hydrogen-bond donors (Lipinski definition) is 3. The first-order chi connectivity index (χ1) is 19.2. The van der Waals surface area contributed by atoms with Gasteiger partial charge >= 0.3 is 0 Å². The van der Waals surface area contributed by atoms with E-state index in [1.54, 1.807) is 13.3 Å². The van der Waals surface area contributed by atoms with Crippen molar-refractivity contribution in [3.8, 4) is 17.2 Å². The Bertz CT molecular complexity index is 1370. The minimum absolute atomic E-state index is 0.0253. The van der Waals surface area contributed by atoms with Crippen LogP contribution < -0.4 is 15.4 Å². The van der Waals surface area contributed by atoms with Crippen LogP contribution in [0.3, 0.4) is 0 Å². The van der Waals surface area contributed by atoms with E-state index in [2.05, 4.69) is 25.7 Å². The molecule has 0 aliphatic carbocycles. The third kappa shape index (κ3) is 5.30. The number of nitrogens with zero attached hydrogens (tertiary/aromatic N) is 5. The summed E-state index contributed by atoms with van der Waals surface area (Å²) in [7, 11) is 1.65. The molecule has 5 heterocycles. The van der Waals surface area contributed by atoms with Gasteiger partial charge in [0, 0.05) is 18.2 Å². The molecular formula is C29H33N7O3. The number of aromatic nitrogens is 4. The molecular weight excluding hydrogens is 494 g/mol. The van der Waals surface area contributed by atoms with E-state index in [9.17, 15) is 5.11 Å². The van der Waals surface area contributed by atoms with E-state index in [1.807, 2.05) is 54.6 Å². The summed E-state index contributed by atoms with van der Waals surface area (Å²) in [5, 5.41) is 21.3. The van der Waals surface area contributed by atoms with Gasteiger partial charge in [0.25, 0.3) is 5.89 Å². The summed E-state index contributed by atoms with van der Waals surface area (Å²) in [6, 6.07) is 17.2. The average Bonchev–Trinajstić information content (AvgIpc) is 3.52. The average molecular weight is 528 g/mol. The zero-order valence-electron chi connectivity index (χ0n) is 22.0. The number of fused-ring (bicyclic) bond motifs is 3. The van der Waals surface area contributed by atoms with Crippen molar-refractivity contribution in [3.63, 3.8) is 0 Å². The monoisotopic (exact) mass is 527 g/mol.